The number of ether oxygens (including phenoxy) is 1. The summed E-state index contributed by atoms with van der Waals surface area (Å²) in [6.07, 6.45) is 4.20. The van der Waals surface area contributed by atoms with Crippen LogP contribution in [0.1, 0.15) is 51.5 Å². The van der Waals surface area contributed by atoms with Crippen LogP contribution in [0.3, 0.4) is 0 Å². The molecule has 2 aliphatic rings. The Morgan fingerprint density at radius 1 is 1.03 bits per heavy atom. The lowest BCUT2D eigenvalue weighted by Crippen LogP contribution is -2.48. The molecule has 0 unspecified atom stereocenters. The molecule has 1 aromatic carbocycles. The van der Waals surface area contributed by atoms with Gasteiger partial charge in [0.15, 0.2) is 0 Å². The van der Waals surface area contributed by atoms with Gasteiger partial charge in [0.2, 0.25) is 21.8 Å². The predicted molar refractivity (Wildman–Crippen MR) is 126 cm³/mol. The van der Waals surface area contributed by atoms with E-state index in [4.69, 9.17) is 4.74 Å². The minimum absolute atomic E-state index is 0.00946. The van der Waals surface area contributed by atoms with Gasteiger partial charge in [-0.15, -0.1) is 0 Å². The zero-order valence-electron chi connectivity index (χ0n) is 19.8. The first-order valence-corrected chi connectivity index (χ1v) is 13.5. The minimum Gasteiger partial charge on any atom is -0.379 e. The topological polar surface area (TPSA) is 96.0 Å². The number of likely N-dealkylation sites (tertiary alicyclic amines) is 1. The highest BCUT2D eigenvalue weighted by atomic mass is 32.2. The monoisotopic (exact) mass is 479 g/mol. The van der Waals surface area contributed by atoms with E-state index in [0.717, 1.165) is 31.2 Å². The van der Waals surface area contributed by atoms with Gasteiger partial charge in [0.1, 0.15) is 0 Å². The average Bonchev–Trinajstić information content (AvgIpc) is 2.84. The molecule has 2 amide bonds. The first-order chi connectivity index (χ1) is 15.8. The lowest BCUT2D eigenvalue weighted by Gasteiger charge is -2.34. The number of amides is 2. The van der Waals surface area contributed by atoms with E-state index < -0.39 is 10.0 Å². The summed E-state index contributed by atoms with van der Waals surface area (Å²) in [5.74, 6) is 0.333. The van der Waals surface area contributed by atoms with Crippen molar-refractivity contribution in [3.8, 4) is 0 Å². The molecule has 184 valence electrons. The number of carbonyl (C=O) groups excluding carboxylic acids is 2. The molecular weight excluding hydrogens is 442 g/mol. The summed E-state index contributed by atoms with van der Waals surface area (Å²) in [5, 5.41) is 3.09. The summed E-state index contributed by atoms with van der Waals surface area (Å²) in [7, 11) is -3.50. The van der Waals surface area contributed by atoms with Crippen molar-refractivity contribution in [2.24, 2.45) is 5.92 Å². The van der Waals surface area contributed by atoms with E-state index in [9.17, 15) is 18.0 Å². The van der Waals surface area contributed by atoms with Crippen molar-refractivity contribution in [2.75, 3.05) is 39.4 Å². The van der Waals surface area contributed by atoms with Gasteiger partial charge in [-0.1, -0.05) is 26.0 Å². The fourth-order valence-corrected chi connectivity index (χ4v) is 5.87. The second-order valence-electron chi connectivity index (χ2n) is 8.84. The maximum absolute atomic E-state index is 12.7. The Labute approximate surface area is 197 Å². The van der Waals surface area contributed by atoms with E-state index in [1.807, 2.05) is 4.90 Å². The SMILES string of the molecule is CCC(CC)C(=O)N1CCC(NC(=O)CCc2ccc(S(=O)(=O)N3CCOCC3)cc2)CC1. The van der Waals surface area contributed by atoms with Gasteiger partial charge in [0, 0.05) is 44.6 Å². The molecule has 2 fully saturated rings. The number of rotatable bonds is 9. The first-order valence-electron chi connectivity index (χ1n) is 12.1. The minimum atomic E-state index is -3.50. The van der Waals surface area contributed by atoms with Crippen molar-refractivity contribution in [1.29, 1.82) is 0 Å². The number of carbonyl (C=O) groups is 2. The molecule has 0 atom stereocenters. The molecular formula is C24H37N3O5S. The Kier molecular flexibility index (Phi) is 9.28. The van der Waals surface area contributed by atoms with Gasteiger partial charge in [0.05, 0.1) is 18.1 Å². The van der Waals surface area contributed by atoms with Crippen molar-refractivity contribution in [3.63, 3.8) is 0 Å². The third-order valence-corrected chi connectivity index (χ3v) is 8.59. The van der Waals surface area contributed by atoms with Crippen LogP contribution in [0.5, 0.6) is 0 Å². The number of hydrogen-bond acceptors (Lipinski definition) is 5. The average molecular weight is 480 g/mol. The Balaban J connectivity index is 1.43. The van der Waals surface area contributed by atoms with Crippen molar-refractivity contribution in [1.82, 2.24) is 14.5 Å². The maximum Gasteiger partial charge on any atom is 0.243 e. The molecule has 9 heteroatoms. The lowest BCUT2D eigenvalue weighted by atomic mass is 9.98. The zero-order chi connectivity index (χ0) is 23.8. The van der Waals surface area contributed by atoms with E-state index in [0.29, 0.717) is 52.2 Å². The number of hydrogen-bond donors (Lipinski definition) is 1. The zero-order valence-corrected chi connectivity index (χ0v) is 20.6. The van der Waals surface area contributed by atoms with Crippen LogP contribution in [0, 0.1) is 5.92 Å². The van der Waals surface area contributed by atoms with E-state index in [1.165, 1.54) is 4.31 Å². The molecule has 2 heterocycles. The summed E-state index contributed by atoms with van der Waals surface area (Å²) in [6, 6.07) is 6.89. The van der Waals surface area contributed by atoms with E-state index in [1.54, 1.807) is 24.3 Å². The van der Waals surface area contributed by atoms with Crippen molar-refractivity contribution < 1.29 is 22.7 Å². The molecule has 2 aliphatic heterocycles. The van der Waals surface area contributed by atoms with Crippen LogP contribution in [-0.4, -0.2) is 74.9 Å². The third-order valence-electron chi connectivity index (χ3n) is 6.68. The van der Waals surface area contributed by atoms with Crippen LogP contribution in [-0.2, 0) is 30.8 Å². The van der Waals surface area contributed by atoms with Crippen LogP contribution < -0.4 is 5.32 Å². The highest BCUT2D eigenvalue weighted by Gasteiger charge is 2.28. The largest absolute Gasteiger partial charge is 0.379 e. The standard InChI is InChI=1S/C24H37N3O5S/c1-3-20(4-2)24(29)26-13-11-21(12-14-26)25-23(28)10-7-19-5-8-22(9-6-19)33(30,31)27-15-17-32-18-16-27/h5-6,8-9,20-21H,3-4,7,10-18H2,1-2H3,(H,25,28). The Morgan fingerprint density at radius 3 is 2.21 bits per heavy atom. The Bertz CT molecular complexity index is 885. The lowest BCUT2D eigenvalue weighted by molar-refractivity contribution is -0.137. The van der Waals surface area contributed by atoms with Crippen LogP contribution in [0.2, 0.25) is 0 Å². The second-order valence-corrected chi connectivity index (χ2v) is 10.8. The summed E-state index contributed by atoms with van der Waals surface area (Å²) in [5.41, 5.74) is 0.927. The number of aryl methyl sites for hydroxylation is 1. The highest BCUT2D eigenvalue weighted by molar-refractivity contribution is 7.89. The number of sulfonamides is 1. The van der Waals surface area contributed by atoms with Gasteiger partial charge in [-0.05, 0) is 49.8 Å². The van der Waals surface area contributed by atoms with Crippen LogP contribution in [0.25, 0.3) is 0 Å². The third kappa shape index (κ3) is 6.77. The normalized spacial score (nSPS) is 18.5. The van der Waals surface area contributed by atoms with Crippen LogP contribution >= 0.6 is 0 Å². The van der Waals surface area contributed by atoms with Gasteiger partial charge in [0.25, 0.3) is 0 Å². The molecule has 3 rings (SSSR count). The van der Waals surface area contributed by atoms with Crippen LogP contribution in [0.15, 0.2) is 29.2 Å². The molecule has 0 aromatic heterocycles. The second kappa shape index (κ2) is 11.9. The van der Waals surface area contributed by atoms with Gasteiger partial charge in [-0.3, -0.25) is 9.59 Å². The first kappa shape index (κ1) is 25.6. The molecule has 0 radical (unpaired) electrons. The molecule has 2 saturated heterocycles. The predicted octanol–water partition coefficient (Wildman–Crippen LogP) is 2.18. The van der Waals surface area contributed by atoms with E-state index in [2.05, 4.69) is 19.2 Å². The fraction of sp³-hybridized carbons (Fsp3) is 0.667. The molecule has 33 heavy (non-hydrogen) atoms. The van der Waals surface area contributed by atoms with Gasteiger partial charge in [-0.25, -0.2) is 8.42 Å². The molecule has 8 nitrogen and oxygen atoms in total. The number of morpholine rings is 1. The molecule has 1 aromatic rings. The van der Waals surface area contributed by atoms with Crippen molar-refractivity contribution >= 4 is 21.8 Å². The van der Waals surface area contributed by atoms with Gasteiger partial charge >= 0.3 is 0 Å². The molecule has 0 saturated carbocycles. The summed E-state index contributed by atoms with van der Waals surface area (Å²) < 4.78 is 32.1. The highest BCUT2D eigenvalue weighted by Crippen LogP contribution is 2.19. The maximum atomic E-state index is 12.7. The Hall–Kier alpha value is -1.97. The van der Waals surface area contributed by atoms with E-state index in [-0.39, 0.29) is 28.7 Å². The summed E-state index contributed by atoms with van der Waals surface area (Å²) in [6.45, 7) is 7.06. The number of benzene rings is 1. The number of nitrogens with one attached hydrogen (secondary N) is 1. The smallest absolute Gasteiger partial charge is 0.243 e. The molecule has 0 aliphatic carbocycles. The molecule has 1 N–H and O–H groups in total. The summed E-state index contributed by atoms with van der Waals surface area (Å²) >= 11 is 0. The Morgan fingerprint density at radius 2 is 1.64 bits per heavy atom. The van der Waals surface area contributed by atoms with Gasteiger partial charge < -0.3 is 15.0 Å². The number of nitrogens with zero attached hydrogens (tertiary/aromatic N) is 2. The fourth-order valence-electron chi connectivity index (χ4n) is 4.46. The number of piperidine rings is 1. The van der Waals surface area contributed by atoms with E-state index >= 15 is 0 Å². The van der Waals surface area contributed by atoms with Gasteiger partial charge in [-0.2, -0.15) is 4.31 Å². The van der Waals surface area contributed by atoms with Crippen LogP contribution in [0.4, 0.5) is 0 Å². The molecule has 0 spiro atoms. The van der Waals surface area contributed by atoms with Crippen molar-refractivity contribution in [3.05, 3.63) is 29.8 Å². The molecule has 0 bridgehead atoms. The quantitative estimate of drug-likeness (QED) is 0.586. The summed E-state index contributed by atoms with van der Waals surface area (Å²) in [4.78, 5) is 27.2. The van der Waals surface area contributed by atoms with Crippen molar-refractivity contribution in [2.45, 2.75) is 63.3 Å².